The van der Waals surface area contributed by atoms with E-state index < -0.39 is 23.8 Å². The van der Waals surface area contributed by atoms with Gasteiger partial charge in [-0.25, -0.2) is 18.4 Å². The second-order valence-electron chi connectivity index (χ2n) is 7.57. The summed E-state index contributed by atoms with van der Waals surface area (Å²) in [5.41, 5.74) is 0.765. The molecular weight excluding hydrogens is 428 g/mol. The first-order valence-electron chi connectivity index (χ1n) is 9.69. The Labute approximate surface area is 182 Å². The van der Waals surface area contributed by atoms with Crippen LogP contribution in [0.3, 0.4) is 0 Å². The molecule has 7 nitrogen and oxygen atoms in total. The van der Waals surface area contributed by atoms with Gasteiger partial charge in [-0.1, -0.05) is 12.1 Å². The van der Waals surface area contributed by atoms with Crippen molar-refractivity contribution < 1.29 is 27.8 Å². The van der Waals surface area contributed by atoms with Gasteiger partial charge >= 0.3 is 12.2 Å². The number of nitrogens with zero attached hydrogens (tertiary/aromatic N) is 2. The number of anilines is 1. The predicted molar refractivity (Wildman–Crippen MR) is 112 cm³/mol. The Bertz CT molecular complexity index is 1030. The lowest BCUT2D eigenvalue weighted by Crippen LogP contribution is -2.37. The highest BCUT2D eigenvalue weighted by Crippen LogP contribution is 2.36. The SMILES string of the molecule is CN(C)C(=O)Oc1cc(F)c2c(c1)OC(=O)N(Cc1cccc(NSC3CC3)c1F)C2. The van der Waals surface area contributed by atoms with Crippen LogP contribution in [0.15, 0.2) is 30.3 Å². The standard InChI is InChI=1S/C21H21F2N3O4S/c1-25(2)20(27)29-13-8-16(22)15-11-26(21(28)30-18(15)9-13)10-12-4-3-5-17(19(12)23)24-31-14-6-7-14/h3-5,8-9,14,24H,6-7,10-11H2,1-2H3. The minimum Gasteiger partial charge on any atom is -0.410 e. The van der Waals surface area contributed by atoms with Crippen molar-refractivity contribution >= 4 is 29.8 Å². The third-order valence-electron chi connectivity index (χ3n) is 4.80. The Balaban J connectivity index is 1.50. The zero-order valence-corrected chi connectivity index (χ0v) is 17.8. The molecule has 1 fully saturated rings. The van der Waals surface area contributed by atoms with Gasteiger partial charge in [0, 0.05) is 37.0 Å². The fourth-order valence-electron chi connectivity index (χ4n) is 2.94. The van der Waals surface area contributed by atoms with E-state index in [4.69, 9.17) is 9.47 Å². The summed E-state index contributed by atoms with van der Waals surface area (Å²) in [6.45, 7) is -0.180. The largest absolute Gasteiger partial charge is 0.415 e. The number of amides is 2. The first-order chi connectivity index (χ1) is 14.8. The van der Waals surface area contributed by atoms with Gasteiger partial charge in [0.1, 0.15) is 17.3 Å². The Morgan fingerprint density at radius 1 is 1.32 bits per heavy atom. The number of fused-ring (bicyclic) bond motifs is 1. The monoisotopic (exact) mass is 449 g/mol. The highest BCUT2D eigenvalue weighted by Gasteiger charge is 2.30. The van der Waals surface area contributed by atoms with Gasteiger partial charge in [-0.3, -0.25) is 4.90 Å². The molecule has 0 saturated heterocycles. The van der Waals surface area contributed by atoms with Crippen molar-refractivity contribution in [3.05, 3.63) is 53.1 Å². The number of benzene rings is 2. The van der Waals surface area contributed by atoms with Gasteiger partial charge in [-0.05, 0) is 30.9 Å². The highest BCUT2D eigenvalue weighted by atomic mass is 32.2. The molecule has 1 heterocycles. The van der Waals surface area contributed by atoms with Crippen LogP contribution in [0.1, 0.15) is 24.0 Å². The van der Waals surface area contributed by atoms with Crippen LogP contribution in [0.4, 0.5) is 24.1 Å². The van der Waals surface area contributed by atoms with E-state index in [0.29, 0.717) is 16.5 Å². The second kappa shape index (κ2) is 8.62. The molecule has 2 aliphatic rings. The Morgan fingerprint density at radius 2 is 2.10 bits per heavy atom. The lowest BCUT2D eigenvalue weighted by molar-refractivity contribution is 0.133. The number of nitrogens with one attached hydrogen (secondary N) is 1. The normalized spacial score (nSPS) is 15.2. The number of carbonyl (C=O) groups is 2. The van der Waals surface area contributed by atoms with Gasteiger partial charge in [0.15, 0.2) is 5.82 Å². The summed E-state index contributed by atoms with van der Waals surface area (Å²) in [6, 6.07) is 7.25. The minimum absolute atomic E-state index is 0.0282. The summed E-state index contributed by atoms with van der Waals surface area (Å²) >= 11 is 1.48. The quantitative estimate of drug-likeness (QED) is 0.641. The molecule has 4 rings (SSSR count). The molecule has 0 unspecified atom stereocenters. The molecular formula is C21H21F2N3O4S. The fraction of sp³-hybridized carbons (Fsp3) is 0.333. The number of ether oxygens (including phenoxy) is 2. The van der Waals surface area contributed by atoms with E-state index in [2.05, 4.69) is 4.72 Å². The van der Waals surface area contributed by atoms with Gasteiger partial charge in [-0.15, -0.1) is 0 Å². The van der Waals surface area contributed by atoms with Crippen LogP contribution in [-0.4, -0.2) is 41.3 Å². The summed E-state index contributed by atoms with van der Waals surface area (Å²) in [5.74, 6) is -1.25. The van der Waals surface area contributed by atoms with Crippen molar-refractivity contribution in [1.82, 2.24) is 9.80 Å². The lowest BCUT2D eigenvalue weighted by atomic mass is 10.1. The van der Waals surface area contributed by atoms with Crippen LogP contribution in [0.5, 0.6) is 11.5 Å². The van der Waals surface area contributed by atoms with E-state index in [9.17, 15) is 18.4 Å². The molecule has 0 aromatic heterocycles. The molecule has 31 heavy (non-hydrogen) atoms. The molecule has 0 radical (unpaired) electrons. The van der Waals surface area contributed by atoms with Crippen LogP contribution >= 0.6 is 11.9 Å². The average molecular weight is 449 g/mol. The second-order valence-corrected chi connectivity index (χ2v) is 8.67. The Kier molecular flexibility index (Phi) is 5.90. The Hall–Kier alpha value is -3.01. The summed E-state index contributed by atoms with van der Waals surface area (Å²) < 4.78 is 42.8. The predicted octanol–water partition coefficient (Wildman–Crippen LogP) is 4.76. The van der Waals surface area contributed by atoms with E-state index in [1.165, 1.54) is 41.9 Å². The molecule has 1 aliphatic heterocycles. The van der Waals surface area contributed by atoms with Crippen molar-refractivity contribution in [1.29, 1.82) is 0 Å². The number of halogens is 2. The van der Waals surface area contributed by atoms with Crippen LogP contribution in [0.25, 0.3) is 0 Å². The van der Waals surface area contributed by atoms with Crippen LogP contribution in [0, 0.1) is 11.6 Å². The molecule has 2 amide bonds. The molecule has 1 N–H and O–H groups in total. The highest BCUT2D eigenvalue weighted by molar-refractivity contribution is 8.01. The average Bonchev–Trinajstić information content (AvgIpc) is 3.54. The van der Waals surface area contributed by atoms with Gasteiger partial charge < -0.3 is 19.1 Å². The molecule has 2 aromatic carbocycles. The fourth-order valence-corrected chi connectivity index (χ4v) is 3.76. The van der Waals surface area contributed by atoms with Gasteiger partial charge in [0.2, 0.25) is 0 Å². The molecule has 1 aliphatic carbocycles. The zero-order valence-electron chi connectivity index (χ0n) is 17.0. The smallest absolute Gasteiger partial charge is 0.410 e. The summed E-state index contributed by atoms with van der Waals surface area (Å²) in [5, 5.41) is 0.501. The number of hydrogen-bond donors (Lipinski definition) is 1. The summed E-state index contributed by atoms with van der Waals surface area (Å²) in [7, 11) is 2.98. The van der Waals surface area contributed by atoms with E-state index >= 15 is 0 Å². The molecule has 0 spiro atoms. The maximum Gasteiger partial charge on any atom is 0.415 e. The van der Waals surface area contributed by atoms with Crippen molar-refractivity contribution in [3.8, 4) is 11.5 Å². The number of hydrogen-bond acceptors (Lipinski definition) is 6. The topological polar surface area (TPSA) is 71.1 Å². The van der Waals surface area contributed by atoms with Crippen LogP contribution in [0.2, 0.25) is 0 Å². The number of carbonyl (C=O) groups excluding carboxylic acids is 2. The van der Waals surface area contributed by atoms with Crippen molar-refractivity contribution in [2.45, 2.75) is 31.2 Å². The van der Waals surface area contributed by atoms with Gasteiger partial charge in [0.25, 0.3) is 0 Å². The van der Waals surface area contributed by atoms with Crippen molar-refractivity contribution in [2.75, 3.05) is 18.8 Å². The van der Waals surface area contributed by atoms with E-state index in [0.717, 1.165) is 18.9 Å². The third kappa shape index (κ3) is 4.84. The van der Waals surface area contributed by atoms with Crippen molar-refractivity contribution in [2.24, 2.45) is 0 Å². The third-order valence-corrected chi connectivity index (χ3v) is 5.95. The molecule has 1 saturated carbocycles. The van der Waals surface area contributed by atoms with Crippen LogP contribution < -0.4 is 14.2 Å². The molecule has 0 bridgehead atoms. The summed E-state index contributed by atoms with van der Waals surface area (Å²) in [4.78, 5) is 26.5. The summed E-state index contributed by atoms with van der Waals surface area (Å²) in [6.07, 6.45) is 0.791. The molecule has 164 valence electrons. The molecule has 10 heteroatoms. The van der Waals surface area contributed by atoms with E-state index in [1.807, 2.05) is 0 Å². The Morgan fingerprint density at radius 3 is 2.81 bits per heavy atom. The zero-order chi connectivity index (χ0) is 22.1. The minimum atomic E-state index is -0.742. The van der Waals surface area contributed by atoms with E-state index in [-0.39, 0.29) is 30.2 Å². The van der Waals surface area contributed by atoms with Crippen LogP contribution in [-0.2, 0) is 13.1 Å². The lowest BCUT2D eigenvalue weighted by Gasteiger charge is -2.29. The van der Waals surface area contributed by atoms with Crippen molar-refractivity contribution in [3.63, 3.8) is 0 Å². The first kappa shape index (κ1) is 21.2. The van der Waals surface area contributed by atoms with Gasteiger partial charge in [0.05, 0.1) is 24.3 Å². The molecule has 0 atom stereocenters. The van der Waals surface area contributed by atoms with Gasteiger partial charge in [-0.2, -0.15) is 0 Å². The maximum absolute atomic E-state index is 14.9. The first-order valence-corrected chi connectivity index (χ1v) is 10.6. The number of rotatable bonds is 6. The van der Waals surface area contributed by atoms with E-state index in [1.54, 1.807) is 18.2 Å². The maximum atomic E-state index is 14.9. The molecule has 2 aromatic rings.